The van der Waals surface area contributed by atoms with Crippen LogP contribution in [0, 0.1) is 0 Å². The maximum atomic E-state index is 13.5. The molecule has 1 aliphatic carbocycles. The fourth-order valence-corrected chi connectivity index (χ4v) is 7.10. The average Bonchev–Trinajstić information content (AvgIpc) is 2.78. The Morgan fingerprint density at radius 2 is 1.57 bits per heavy atom. The monoisotopic (exact) mass is 631 g/mol. The van der Waals surface area contributed by atoms with Crippen LogP contribution in [-0.4, -0.2) is 70.7 Å². The number of hydrogen-bond donors (Lipinski definition) is 0. The first kappa shape index (κ1) is 28.5. The van der Waals surface area contributed by atoms with Crippen molar-refractivity contribution in [3.63, 3.8) is 0 Å². The highest BCUT2D eigenvalue weighted by molar-refractivity contribution is 9.12. The highest BCUT2D eigenvalue weighted by Crippen LogP contribution is 2.52. The van der Waals surface area contributed by atoms with Gasteiger partial charge < -0.3 is 19.3 Å². The predicted octanol–water partition coefficient (Wildman–Crippen LogP) is 7.22. The topological polar surface area (TPSA) is 62.3 Å². The summed E-state index contributed by atoms with van der Waals surface area (Å²) in [6.07, 6.45) is 1.33. The van der Waals surface area contributed by atoms with Gasteiger partial charge in [0.25, 0.3) is 0 Å². The molecule has 1 aromatic rings. The van der Waals surface area contributed by atoms with Gasteiger partial charge in [0, 0.05) is 36.8 Å². The quantitative estimate of drug-likeness (QED) is 0.326. The van der Waals surface area contributed by atoms with Crippen molar-refractivity contribution in [3.05, 3.63) is 44.5 Å². The lowest BCUT2D eigenvalue weighted by Gasteiger charge is -2.45. The van der Waals surface area contributed by atoms with Crippen LogP contribution >= 0.6 is 50.9 Å². The predicted molar refractivity (Wildman–Crippen MR) is 153 cm³/mol. The summed E-state index contributed by atoms with van der Waals surface area (Å²) >= 11 is 18.9. The van der Waals surface area contributed by atoms with Crippen molar-refractivity contribution >= 4 is 68.8 Å². The maximum absolute atomic E-state index is 13.5. The molecule has 2 unspecified atom stereocenters. The number of thioether (sulfide) groups is 1. The Labute approximate surface area is 241 Å². The molecule has 37 heavy (non-hydrogen) atoms. The summed E-state index contributed by atoms with van der Waals surface area (Å²) in [6, 6.07) is 5.10. The van der Waals surface area contributed by atoms with Crippen LogP contribution < -0.4 is 4.90 Å². The Morgan fingerprint density at radius 1 is 0.973 bits per heavy atom. The summed E-state index contributed by atoms with van der Waals surface area (Å²) in [5, 5.41) is 0.801. The number of fused-ring (bicyclic) bond motifs is 2. The molecular weight excluding hydrogens is 601 g/mol. The highest BCUT2D eigenvalue weighted by Gasteiger charge is 2.46. The zero-order valence-corrected chi connectivity index (χ0v) is 25.7. The first-order chi connectivity index (χ1) is 17.2. The van der Waals surface area contributed by atoms with E-state index in [0.29, 0.717) is 46.4 Å². The second-order valence-corrected chi connectivity index (χ2v) is 14.0. The number of carbonyl (C=O) groups is 2. The van der Waals surface area contributed by atoms with E-state index in [9.17, 15) is 9.59 Å². The van der Waals surface area contributed by atoms with Gasteiger partial charge in [0.05, 0.1) is 31.5 Å². The number of halogens is 3. The number of anilines is 1. The van der Waals surface area contributed by atoms with Crippen LogP contribution in [-0.2, 0) is 9.47 Å². The zero-order chi connectivity index (χ0) is 27.3. The minimum atomic E-state index is -0.685. The maximum Gasteiger partial charge on any atom is 0.415 e. The molecule has 1 fully saturated rings. The van der Waals surface area contributed by atoms with Crippen molar-refractivity contribution in [2.45, 2.75) is 68.9 Å². The fourth-order valence-electron chi connectivity index (χ4n) is 4.40. The van der Waals surface area contributed by atoms with E-state index in [1.54, 1.807) is 27.6 Å². The van der Waals surface area contributed by atoms with E-state index in [0.717, 1.165) is 10.6 Å². The van der Waals surface area contributed by atoms with Gasteiger partial charge in [0.2, 0.25) is 0 Å². The molecule has 2 amide bonds. The van der Waals surface area contributed by atoms with Crippen molar-refractivity contribution in [1.82, 2.24) is 9.80 Å². The summed E-state index contributed by atoms with van der Waals surface area (Å²) in [7, 11) is 0. The number of piperazine rings is 1. The van der Waals surface area contributed by atoms with Gasteiger partial charge in [-0.2, -0.15) is 0 Å². The summed E-state index contributed by atoms with van der Waals surface area (Å²) in [5.74, 6) is 0. The molecule has 0 saturated carbocycles. The van der Waals surface area contributed by atoms with Gasteiger partial charge in [-0.3, -0.25) is 4.90 Å². The first-order valence-corrected chi connectivity index (χ1v) is 14.6. The third kappa shape index (κ3) is 6.21. The van der Waals surface area contributed by atoms with E-state index in [1.165, 1.54) is 0 Å². The lowest BCUT2D eigenvalue weighted by atomic mass is 10.0. The summed E-state index contributed by atoms with van der Waals surface area (Å²) in [6.45, 7) is 13.4. The Morgan fingerprint density at radius 3 is 2.16 bits per heavy atom. The number of carbonyl (C=O) groups excluding carboxylic acids is 2. The standard InChI is InChI=1S/C26H32BrCl2N3O4S/c1-25(2,3)35-23(33)31-12-10-30(11-13-31)16-14-18-22(20(29)19(16)27)32(24(34)36-26(4,5)6)21-15(28)8-7-9-17(21)37-18/h7-9,14,18,22H,10-13H2,1-6H3. The smallest absolute Gasteiger partial charge is 0.415 e. The summed E-state index contributed by atoms with van der Waals surface area (Å²) in [5.41, 5.74) is 0.324. The number of amides is 2. The highest BCUT2D eigenvalue weighted by atomic mass is 79.9. The number of rotatable bonds is 1. The van der Waals surface area contributed by atoms with E-state index in [2.05, 4.69) is 26.9 Å². The first-order valence-electron chi connectivity index (χ1n) is 12.1. The van der Waals surface area contributed by atoms with Gasteiger partial charge in [-0.25, -0.2) is 9.59 Å². The van der Waals surface area contributed by atoms with Crippen molar-refractivity contribution in [3.8, 4) is 0 Å². The second-order valence-electron chi connectivity index (χ2n) is 11.1. The Hall–Kier alpha value is -1.55. The molecular formula is C26H32BrCl2N3O4S. The van der Waals surface area contributed by atoms with Crippen molar-refractivity contribution in [2.24, 2.45) is 0 Å². The van der Waals surface area contributed by atoms with Gasteiger partial charge in [-0.15, -0.1) is 11.8 Å². The fraction of sp³-hybridized carbons (Fsp3) is 0.538. The number of ether oxygens (including phenoxy) is 2. The van der Waals surface area contributed by atoms with Crippen LogP contribution in [0.25, 0.3) is 0 Å². The lowest BCUT2D eigenvalue weighted by molar-refractivity contribution is 0.0170. The normalized spacial score (nSPS) is 22.3. The molecule has 3 aliphatic rings. The van der Waals surface area contributed by atoms with Crippen LogP contribution in [0.4, 0.5) is 15.3 Å². The molecule has 1 saturated heterocycles. The largest absolute Gasteiger partial charge is 0.444 e. The van der Waals surface area contributed by atoms with Crippen LogP contribution in [0.15, 0.2) is 44.4 Å². The number of benzene rings is 1. The summed E-state index contributed by atoms with van der Waals surface area (Å²) < 4.78 is 12.0. The van der Waals surface area contributed by atoms with Gasteiger partial charge in [0.1, 0.15) is 11.2 Å². The number of hydrogen-bond acceptors (Lipinski definition) is 6. The van der Waals surface area contributed by atoms with Crippen molar-refractivity contribution in [2.75, 3.05) is 31.1 Å². The Balaban J connectivity index is 1.62. The van der Waals surface area contributed by atoms with Crippen LogP contribution in [0.5, 0.6) is 0 Å². The van der Waals surface area contributed by atoms with Gasteiger partial charge in [-0.05, 0) is 75.7 Å². The third-order valence-electron chi connectivity index (χ3n) is 5.92. The van der Waals surface area contributed by atoms with Crippen LogP contribution in [0.2, 0.25) is 5.02 Å². The Bertz CT molecular complexity index is 1150. The van der Waals surface area contributed by atoms with Gasteiger partial charge >= 0.3 is 12.2 Å². The van der Waals surface area contributed by atoms with Crippen LogP contribution in [0.3, 0.4) is 0 Å². The zero-order valence-electron chi connectivity index (χ0n) is 21.8. The third-order valence-corrected chi connectivity index (χ3v) is 8.95. The molecule has 0 radical (unpaired) electrons. The second kappa shape index (κ2) is 10.5. The van der Waals surface area contributed by atoms with Gasteiger partial charge in [0.15, 0.2) is 0 Å². The number of nitrogens with zero attached hydrogens (tertiary/aromatic N) is 3. The molecule has 2 atom stereocenters. The number of allylic oxidation sites excluding steroid dienone is 1. The minimum Gasteiger partial charge on any atom is -0.444 e. The molecule has 4 rings (SSSR count). The van der Waals surface area contributed by atoms with E-state index in [1.807, 2.05) is 53.7 Å². The molecule has 2 heterocycles. The molecule has 202 valence electrons. The van der Waals surface area contributed by atoms with Gasteiger partial charge in [-0.1, -0.05) is 29.3 Å². The Kier molecular flexibility index (Phi) is 8.11. The SMILES string of the molecule is CC(C)(C)OC(=O)N1CCN(C2=CC3Sc4cccc(Cl)c4N(C(=O)OC(C)(C)C)C3C(Cl)=C2Br)CC1. The molecule has 0 spiro atoms. The van der Waals surface area contributed by atoms with E-state index in [4.69, 9.17) is 32.7 Å². The van der Waals surface area contributed by atoms with E-state index >= 15 is 0 Å². The van der Waals surface area contributed by atoms with Crippen molar-refractivity contribution < 1.29 is 19.1 Å². The van der Waals surface area contributed by atoms with E-state index in [-0.39, 0.29) is 11.3 Å². The molecule has 1 aromatic carbocycles. The lowest BCUT2D eigenvalue weighted by Crippen LogP contribution is -2.53. The molecule has 7 nitrogen and oxygen atoms in total. The van der Waals surface area contributed by atoms with Crippen molar-refractivity contribution in [1.29, 1.82) is 0 Å². The molecule has 2 aliphatic heterocycles. The van der Waals surface area contributed by atoms with E-state index < -0.39 is 23.3 Å². The molecule has 0 aromatic heterocycles. The molecule has 11 heteroatoms. The average molecular weight is 633 g/mol. The molecule has 0 N–H and O–H groups in total. The number of para-hydroxylation sites is 1. The molecule has 0 bridgehead atoms. The minimum absolute atomic E-state index is 0.161. The van der Waals surface area contributed by atoms with Crippen LogP contribution in [0.1, 0.15) is 41.5 Å². The summed E-state index contributed by atoms with van der Waals surface area (Å²) in [4.78, 5) is 32.4.